The molecule has 2 heterocycles. The van der Waals surface area contributed by atoms with Crippen molar-refractivity contribution in [2.45, 2.75) is 13.8 Å². The summed E-state index contributed by atoms with van der Waals surface area (Å²) in [5, 5.41) is 2.33. The van der Waals surface area contributed by atoms with Gasteiger partial charge in [0, 0.05) is 24.2 Å². The second kappa shape index (κ2) is 5.98. The van der Waals surface area contributed by atoms with Gasteiger partial charge in [-0.1, -0.05) is 30.4 Å². The fourth-order valence-corrected chi connectivity index (χ4v) is 2.60. The van der Waals surface area contributed by atoms with Gasteiger partial charge in [-0.15, -0.1) is 0 Å². The molecule has 3 heteroatoms. The molecule has 0 saturated heterocycles. The first-order valence-corrected chi connectivity index (χ1v) is 7.39. The van der Waals surface area contributed by atoms with Gasteiger partial charge in [-0.2, -0.15) is 0 Å². The van der Waals surface area contributed by atoms with Crippen molar-refractivity contribution in [1.82, 2.24) is 14.5 Å². The molecular weight excluding hydrogens is 270 g/mol. The van der Waals surface area contributed by atoms with Gasteiger partial charge in [-0.05, 0) is 36.9 Å². The van der Waals surface area contributed by atoms with Crippen LogP contribution in [0.15, 0.2) is 61.2 Å². The molecule has 0 saturated carbocycles. The Morgan fingerprint density at radius 2 is 1.95 bits per heavy atom. The molecule has 110 valence electrons. The zero-order valence-corrected chi connectivity index (χ0v) is 13.1. The minimum atomic E-state index is 0.996. The summed E-state index contributed by atoms with van der Waals surface area (Å²) in [6.07, 6.45) is 11.8. The maximum absolute atomic E-state index is 4.57. The van der Waals surface area contributed by atoms with Gasteiger partial charge >= 0.3 is 0 Å². The molecule has 0 N–H and O–H groups in total. The highest BCUT2D eigenvalue weighted by atomic mass is 15.0. The van der Waals surface area contributed by atoms with Gasteiger partial charge < -0.3 is 4.57 Å². The highest BCUT2D eigenvalue weighted by Gasteiger charge is 2.06. The quantitative estimate of drug-likeness (QED) is 0.659. The first kappa shape index (κ1) is 14.3. The van der Waals surface area contributed by atoms with E-state index in [-0.39, 0.29) is 0 Å². The number of benzene rings is 1. The number of imidazole rings is 1. The fourth-order valence-electron chi connectivity index (χ4n) is 2.60. The van der Waals surface area contributed by atoms with Crippen LogP contribution in [0.25, 0.3) is 27.6 Å². The number of rotatable bonds is 3. The van der Waals surface area contributed by atoms with E-state index in [4.69, 9.17) is 0 Å². The lowest BCUT2D eigenvalue weighted by Crippen LogP contribution is -1.91. The molecule has 0 fully saturated rings. The molecule has 3 nitrogen and oxygen atoms in total. The summed E-state index contributed by atoms with van der Waals surface area (Å²) in [5.41, 5.74) is 4.41. The molecule has 0 aliphatic rings. The van der Waals surface area contributed by atoms with Crippen molar-refractivity contribution in [3.8, 4) is 11.3 Å². The Balaban J connectivity index is 2.13. The number of aromatic nitrogens is 3. The lowest BCUT2D eigenvalue weighted by molar-refractivity contribution is 0.921. The number of nitrogens with zero attached hydrogens (tertiary/aromatic N) is 3. The van der Waals surface area contributed by atoms with Crippen LogP contribution in [0.2, 0.25) is 0 Å². The molecular formula is C19H19N3. The van der Waals surface area contributed by atoms with Crippen LogP contribution in [-0.4, -0.2) is 14.5 Å². The molecule has 22 heavy (non-hydrogen) atoms. The molecule has 0 radical (unpaired) electrons. The van der Waals surface area contributed by atoms with Crippen molar-refractivity contribution >= 4 is 16.3 Å². The van der Waals surface area contributed by atoms with Crippen molar-refractivity contribution in [3.63, 3.8) is 0 Å². The number of hydrogen-bond donors (Lipinski definition) is 0. The van der Waals surface area contributed by atoms with Gasteiger partial charge in [0.2, 0.25) is 0 Å². The Hall–Kier alpha value is -2.68. The first-order chi connectivity index (χ1) is 10.7. The van der Waals surface area contributed by atoms with Gasteiger partial charge in [-0.3, -0.25) is 4.98 Å². The third-order valence-electron chi connectivity index (χ3n) is 3.79. The summed E-state index contributed by atoms with van der Waals surface area (Å²) in [5.74, 6) is 0. The van der Waals surface area contributed by atoms with E-state index in [1.807, 2.05) is 50.3 Å². The van der Waals surface area contributed by atoms with Gasteiger partial charge in [0.25, 0.3) is 0 Å². The van der Waals surface area contributed by atoms with Gasteiger partial charge in [0.1, 0.15) is 0 Å². The Bertz CT molecular complexity index is 869. The molecule has 0 unspecified atom stereocenters. The highest BCUT2D eigenvalue weighted by Crippen LogP contribution is 2.25. The summed E-state index contributed by atoms with van der Waals surface area (Å²) in [4.78, 5) is 8.76. The smallest absolute Gasteiger partial charge is 0.0948 e. The molecule has 0 amide bonds. The summed E-state index contributed by atoms with van der Waals surface area (Å²) in [6, 6.07) is 8.56. The normalized spacial score (nSPS) is 12.4. The maximum Gasteiger partial charge on any atom is 0.0948 e. The Kier molecular flexibility index (Phi) is 3.88. The molecule has 2 aromatic heterocycles. The predicted octanol–water partition coefficient (Wildman–Crippen LogP) is 4.61. The van der Waals surface area contributed by atoms with E-state index in [1.54, 1.807) is 0 Å². The number of aryl methyl sites for hydroxylation is 1. The Morgan fingerprint density at radius 1 is 1.09 bits per heavy atom. The fraction of sp³-hybridized carbons (Fsp3) is 0.158. The Labute approximate surface area is 130 Å². The first-order valence-electron chi connectivity index (χ1n) is 7.39. The van der Waals surface area contributed by atoms with Gasteiger partial charge in [0.15, 0.2) is 0 Å². The second-order valence-electron chi connectivity index (χ2n) is 5.27. The standard InChI is InChI=1S/C19H19N3/c1-4-6-14(5-2)18-10-17-9-15(7-8-16(17)11-21-18)19-12-20-13-22(19)3/h4-13H,1-3H3/b6-4-,14-5+. The molecule has 3 rings (SSSR count). The van der Waals surface area contributed by atoms with Gasteiger partial charge in [0.05, 0.1) is 23.9 Å². The van der Waals surface area contributed by atoms with Crippen LogP contribution < -0.4 is 0 Å². The van der Waals surface area contributed by atoms with E-state index in [0.717, 1.165) is 27.9 Å². The van der Waals surface area contributed by atoms with Gasteiger partial charge in [-0.25, -0.2) is 4.98 Å². The number of pyridine rings is 1. The Morgan fingerprint density at radius 3 is 2.64 bits per heavy atom. The molecule has 0 aliphatic carbocycles. The van der Waals surface area contributed by atoms with Crippen molar-refractivity contribution < 1.29 is 0 Å². The lowest BCUT2D eigenvalue weighted by Gasteiger charge is -2.07. The largest absolute Gasteiger partial charge is 0.334 e. The van der Waals surface area contributed by atoms with Crippen molar-refractivity contribution in [2.75, 3.05) is 0 Å². The van der Waals surface area contributed by atoms with Crippen LogP contribution in [0.5, 0.6) is 0 Å². The highest BCUT2D eigenvalue weighted by molar-refractivity contribution is 5.89. The molecule has 0 atom stereocenters. The van der Waals surface area contributed by atoms with Crippen LogP contribution in [0.4, 0.5) is 0 Å². The second-order valence-corrected chi connectivity index (χ2v) is 5.27. The molecule has 0 bridgehead atoms. The average Bonchev–Trinajstić information content (AvgIpc) is 2.97. The van der Waals surface area contributed by atoms with Crippen molar-refractivity contribution in [1.29, 1.82) is 0 Å². The predicted molar refractivity (Wildman–Crippen MR) is 92.4 cm³/mol. The SMILES string of the molecule is C/C=C\C(=C/C)c1cc2cc(-c3cncn3C)ccc2cn1. The molecule has 0 spiro atoms. The maximum atomic E-state index is 4.57. The number of fused-ring (bicyclic) bond motifs is 1. The van der Waals surface area contributed by atoms with Crippen LogP contribution in [0, 0.1) is 0 Å². The van der Waals surface area contributed by atoms with Crippen LogP contribution in [0.3, 0.4) is 0 Å². The number of hydrogen-bond acceptors (Lipinski definition) is 2. The third kappa shape index (κ3) is 2.58. The van der Waals surface area contributed by atoms with E-state index in [9.17, 15) is 0 Å². The van der Waals surface area contributed by atoms with E-state index in [1.165, 1.54) is 5.39 Å². The molecule has 0 aliphatic heterocycles. The monoisotopic (exact) mass is 289 g/mol. The third-order valence-corrected chi connectivity index (χ3v) is 3.79. The summed E-state index contributed by atoms with van der Waals surface area (Å²) in [7, 11) is 2.01. The summed E-state index contributed by atoms with van der Waals surface area (Å²) >= 11 is 0. The summed E-state index contributed by atoms with van der Waals surface area (Å²) in [6.45, 7) is 4.05. The minimum Gasteiger partial charge on any atom is -0.334 e. The summed E-state index contributed by atoms with van der Waals surface area (Å²) < 4.78 is 2.03. The topological polar surface area (TPSA) is 30.7 Å². The lowest BCUT2D eigenvalue weighted by atomic mass is 10.0. The van der Waals surface area contributed by atoms with Crippen LogP contribution >= 0.6 is 0 Å². The minimum absolute atomic E-state index is 0.996. The van der Waals surface area contributed by atoms with E-state index in [2.05, 4.69) is 46.4 Å². The zero-order valence-electron chi connectivity index (χ0n) is 13.1. The average molecular weight is 289 g/mol. The van der Waals surface area contributed by atoms with Crippen LogP contribution in [-0.2, 0) is 7.05 Å². The van der Waals surface area contributed by atoms with Crippen LogP contribution in [0.1, 0.15) is 19.5 Å². The zero-order chi connectivity index (χ0) is 15.5. The number of allylic oxidation sites excluding steroid dienone is 4. The van der Waals surface area contributed by atoms with E-state index in [0.29, 0.717) is 0 Å². The van der Waals surface area contributed by atoms with Crippen molar-refractivity contribution in [2.24, 2.45) is 7.05 Å². The molecule has 1 aromatic carbocycles. The molecule has 3 aromatic rings. The van der Waals surface area contributed by atoms with Crippen molar-refractivity contribution in [3.05, 3.63) is 66.9 Å². The van der Waals surface area contributed by atoms with E-state index >= 15 is 0 Å². The van der Waals surface area contributed by atoms with E-state index < -0.39 is 0 Å².